The van der Waals surface area contributed by atoms with Crippen LogP contribution in [0.25, 0.3) is 39.9 Å². The first-order chi connectivity index (χ1) is 20.9. The van der Waals surface area contributed by atoms with Crippen LogP contribution < -0.4 is 11.5 Å². The summed E-state index contributed by atoms with van der Waals surface area (Å²) in [6.45, 7) is 16.4. The molecule has 5 aromatic rings. The lowest BCUT2D eigenvalue weighted by atomic mass is 9.97. The minimum Gasteiger partial charge on any atom is -0.339 e. The van der Waals surface area contributed by atoms with Crippen LogP contribution in [0.4, 0.5) is 0 Å². The second kappa shape index (κ2) is 14.1. The number of unbranched alkanes of at least 4 members (excludes halogenated alkanes) is 8. The molecule has 44 heavy (non-hydrogen) atoms. The normalized spacial score (nSPS) is 12.8. The summed E-state index contributed by atoms with van der Waals surface area (Å²) < 4.78 is 5.51. The van der Waals surface area contributed by atoms with Crippen molar-refractivity contribution < 1.29 is 0 Å². The van der Waals surface area contributed by atoms with Gasteiger partial charge in [-0.2, -0.15) is 0 Å². The van der Waals surface area contributed by atoms with E-state index in [1.807, 2.05) is 45.3 Å². The molecule has 5 rings (SSSR count). The molecule has 0 bridgehead atoms. The first-order valence-corrected chi connectivity index (χ1v) is 20.1. The van der Waals surface area contributed by atoms with Gasteiger partial charge >= 0.3 is 0 Å². The fourth-order valence-electron chi connectivity index (χ4n) is 6.42. The van der Waals surface area contributed by atoms with Crippen molar-refractivity contribution in [1.82, 2.24) is 4.57 Å². The van der Waals surface area contributed by atoms with E-state index in [1.165, 1.54) is 125 Å². The maximum Gasteiger partial charge on any atom is 0.0708 e. The molecule has 4 N–H and O–H groups in total. The van der Waals surface area contributed by atoms with Crippen LogP contribution >= 0.6 is 45.3 Å². The van der Waals surface area contributed by atoms with Crippen LogP contribution in [0.5, 0.6) is 0 Å². The second-order valence-electron chi connectivity index (χ2n) is 13.9. The lowest BCUT2D eigenvalue weighted by molar-refractivity contribution is 0.557. The molecule has 0 aliphatic carbocycles. The van der Waals surface area contributed by atoms with Crippen LogP contribution in [0.3, 0.4) is 0 Å². The summed E-state index contributed by atoms with van der Waals surface area (Å²) in [5.41, 5.74) is 18.2. The molecule has 240 valence electrons. The first kappa shape index (κ1) is 33.9. The number of fused-ring (bicyclic) bond motifs is 3. The van der Waals surface area contributed by atoms with Crippen molar-refractivity contribution in [2.24, 2.45) is 11.5 Å². The number of hydrogen-bond donors (Lipinski definition) is 2. The van der Waals surface area contributed by atoms with E-state index in [9.17, 15) is 0 Å². The maximum atomic E-state index is 6.73. The summed E-state index contributed by atoms with van der Waals surface area (Å²) in [6, 6.07) is 9.74. The second-order valence-corrected chi connectivity index (χ2v) is 18.1. The molecule has 0 spiro atoms. The Morgan fingerprint density at radius 1 is 0.591 bits per heavy atom. The number of rotatable bonds is 16. The highest BCUT2D eigenvalue weighted by molar-refractivity contribution is 7.32. The van der Waals surface area contributed by atoms with Crippen molar-refractivity contribution in [3.8, 4) is 19.5 Å². The third kappa shape index (κ3) is 7.39. The van der Waals surface area contributed by atoms with Crippen molar-refractivity contribution >= 4 is 65.8 Å². The fraction of sp³-hybridized carbons (Fsp3) is 0.568. The first-order valence-electron chi connectivity index (χ1n) is 16.8. The number of nitrogens with zero attached hydrogens (tertiary/aromatic N) is 1. The van der Waals surface area contributed by atoms with E-state index in [-0.39, 0.29) is 11.1 Å². The topological polar surface area (TPSA) is 57.0 Å². The van der Waals surface area contributed by atoms with Gasteiger partial charge in [-0.15, -0.1) is 45.3 Å². The van der Waals surface area contributed by atoms with E-state index < -0.39 is 0 Å². The molecule has 0 unspecified atom stereocenters. The van der Waals surface area contributed by atoms with Crippen LogP contribution in [-0.4, -0.2) is 4.57 Å². The van der Waals surface area contributed by atoms with E-state index in [1.54, 1.807) is 0 Å². The van der Waals surface area contributed by atoms with Gasteiger partial charge in [0.1, 0.15) is 0 Å². The van der Waals surface area contributed by atoms with Gasteiger partial charge in [-0.3, -0.25) is 0 Å². The Labute approximate surface area is 281 Å². The molecule has 0 amide bonds. The summed E-state index contributed by atoms with van der Waals surface area (Å²) in [5.74, 6) is 0. The highest BCUT2D eigenvalue weighted by Crippen LogP contribution is 2.49. The van der Waals surface area contributed by atoms with Gasteiger partial charge in [0.05, 0.1) is 20.4 Å². The molecular weight excluding hydrogens is 615 g/mol. The monoisotopic (exact) mass is 667 g/mol. The van der Waals surface area contributed by atoms with Crippen LogP contribution in [0.1, 0.15) is 127 Å². The molecule has 0 saturated carbocycles. The van der Waals surface area contributed by atoms with Gasteiger partial charge in [-0.25, -0.2) is 0 Å². The van der Waals surface area contributed by atoms with Crippen LogP contribution in [0.15, 0.2) is 24.3 Å². The number of nitrogens with two attached hydrogens (primary N) is 2. The highest BCUT2D eigenvalue weighted by Gasteiger charge is 2.26. The lowest BCUT2D eigenvalue weighted by Crippen LogP contribution is -2.28. The maximum absolute atomic E-state index is 6.73. The minimum absolute atomic E-state index is 0.320. The van der Waals surface area contributed by atoms with Gasteiger partial charge in [0.15, 0.2) is 0 Å². The zero-order valence-electron chi connectivity index (χ0n) is 28.0. The van der Waals surface area contributed by atoms with Gasteiger partial charge in [-0.1, -0.05) is 65.2 Å². The van der Waals surface area contributed by atoms with Gasteiger partial charge in [0, 0.05) is 46.9 Å². The smallest absolute Gasteiger partial charge is 0.0708 e. The van der Waals surface area contributed by atoms with Gasteiger partial charge < -0.3 is 16.0 Å². The summed E-state index contributed by atoms with van der Waals surface area (Å²) in [4.78, 5) is 8.11. The predicted molar refractivity (Wildman–Crippen MR) is 202 cm³/mol. The van der Waals surface area contributed by atoms with Gasteiger partial charge in [0.2, 0.25) is 0 Å². The number of aryl methyl sites for hydroxylation is 3. The Balaban J connectivity index is 1.54. The molecule has 0 radical (unpaired) electrons. The molecule has 0 aliphatic rings. The van der Waals surface area contributed by atoms with Gasteiger partial charge in [-0.05, 0) is 89.3 Å². The summed E-state index contributed by atoms with van der Waals surface area (Å²) in [7, 11) is 0. The van der Waals surface area contributed by atoms with Crippen molar-refractivity contribution in [3.05, 3.63) is 45.1 Å². The Morgan fingerprint density at radius 3 is 1.61 bits per heavy atom. The van der Waals surface area contributed by atoms with Crippen molar-refractivity contribution in [3.63, 3.8) is 0 Å². The number of aromatic nitrogens is 1. The Morgan fingerprint density at radius 2 is 1.07 bits per heavy atom. The number of thiophene rings is 4. The molecule has 0 aromatic carbocycles. The summed E-state index contributed by atoms with van der Waals surface area (Å²) in [5, 5.41) is 0. The molecule has 0 aliphatic heterocycles. The summed E-state index contributed by atoms with van der Waals surface area (Å²) in [6.07, 6.45) is 14.1. The lowest BCUT2D eigenvalue weighted by Gasteiger charge is -2.19. The van der Waals surface area contributed by atoms with Crippen molar-refractivity contribution in [1.29, 1.82) is 0 Å². The Bertz CT molecular complexity index is 1680. The van der Waals surface area contributed by atoms with E-state index in [0.717, 1.165) is 13.0 Å². The molecule has 5 heterocycles. The third-order valence-corrected chi connectivity index (χ3v) is 14.5. The largest absolute Gasteiger partial charge is 0.339 e. The zero-order chi connectivity index (χ0) is 31.6. The SMILES string of the molecule is CCCCCCCCn1c2cc(-c3cc(C)c(C(C)(C)N)s3)sc2c2sc(-c3cc(CCCCCC)c(C(C)(C)N)s3)cc21. The van der Waals surface area contributed by atoms with E-state index in [0.29, 0.717) is 0 Å². The van der Waals surface area contributed by atoms with Crippen LogP contribution in [0, 0.1) is 6.92 Å². The molecular formula is C37H53N3S4. The quantitative estimate of drug-likeness (QED) is 0.103. The highest BCUT2D eigenvalue weighted by atomic mass is 32.1. The van der Waals surface area contributed by atoms with E-state index in [2.05, 4.69) is 77.3 Å². The van der Waals surface area contributed by atoms with E-state index in [4.69, 9.17) is 11.5 Å². The molecule has 7 heteroatoms. The molecule has 5 aromatic heterocycles. The Kier molecular flexibility index (Phi) is 10.9. The fourth-order valence-corrected chi connectivity index (χ4v) is 11.4. The summed E-state index contributed by atoms with van der Waals surface area (Å²) >= 11 is 7.73. The molecule has 0 fully saturated rings. The zero-order valence-corrected chi connectivity index (χ0v) is 31.3. The molecule has 0 saturated heterocycles. The predicted octanol–water partition coefficient (Wildman–Crippen LogP) is 12.6. The van der Waals surface area contributed by atoms with Crippen molar-refractivity contribution in [2.45, 2.75) is 137 Å². The van der Waals surface area contributed by atoms with Crippen LogP contribution in [-0.2, 0) is 24.0 Å². The van der Waals surface area contributed by atoms with Crippen LogP contribution in [0.2, 0.25) is 0 Å². The molecule has 3 nitrogen and oxygen atoms in total. The molecule has 0 atom stereocenters. The number of hydrogen-bond acceptors (Lipinski definition) is 6. The van der Waals surface area contributed by atoms with Crippen molar-refractivity contribution in [2.75, 3.05) is 0 Å². The Hall–Kier alpha value is -1.48. The minimum atomic E-state index is -0.321. The third-order valence-electron chi connectivity index (χ3n) is 8.63. The average Bonchev–Trinajstić information content (AvgIpc) is 3.75. The standard InChI is InChI=1S/C37H53N3S4/c1-8-10-12-14-15-17-19-40-26-22-30(28-20-24(3)34(43-28)36(4,5)38)41-32(26)33-27(40)23-31(42-33)29-21-25(18-16-13-11-9-2)35(44-29)37(6,7)39/h20-23H,8-19,38-39H2,1-7H3. The van der Waals surface area contributed by atoms with E-state index >= 15 is 0 Å². The average molecular weight is 668 g/mol. The van der Waals surface area contributed by atoms with Gasteiger partial charge in [0.25, 0.3) is 0 Å².